The first-order valence-corrected chi connectivity index (χ1v) is 14.6. The Morgan fingerprint density at radius 3 is 2.59 bits per heavy atom. The van der Waals surface area contributed by atoms with Crippen LogP contribution >= 0.6 is 15.9 Å². The van der Waals surface area contributed by atoms with Crippen molar-refractivity contribution in [2.45, 2.75) is 75.3 Å². The number of benzene rings is 1. The normalized spacial score (nSPS) is 36.0. The minimum atomic E-state index is -2.24. The van der Waals surface area contributed by atoms with Crippen molar-refractivity contribution >= 4 is 33.5 Å². The summed E-state index contributed by atoms with van der Waals surface area (Å²) in [5.74, 6) is -0.926. The van der Waals surface area contributed by atoms with Gasteiger partial charge in [-0.2, -0.15) is 0 Å². The Morgan fingerprint density at radius 1 is 1.26 bits per heavy atom. The fourth-order valence-corrected chi connectivity index (χ4v) is 8.80. The van der Waals surface area contributed by atoms with E-state index >= 15 is 0 Å². The fourth-order valence-electron chi connectivity index (χ4n) is 8.29. The monoisotopic (exact) mass is 605 g/mol. The van der Waals surface area contributed by atoms with Gasteiger partial charge in [-0.25, -0.2) is 4.79 Å². The summed E-state index contributed by atoms with van der Waals surface area (Å²) in [6, 6.07) is 2.11. The largest absolute Gasteiger partial charge is 0.495 e. The van der Waals surface area contributed by atoms with Crippen LogP contribution in [0.1, 0.15) is 45.6 Å². The smallest absolute Gasteiger partial charge is 0.328 e. The lowest BCUT2D eigenvalue weighted by Crippen LogP contribution is -2.82. The summed E-state index contributed by atoms with van der Waals surface area (Å²) in [5.41, 5.74) is -1.91. The number of aliphatic hydroxyl groups is 2. The van der Waals surface area contributed by atoms with Crippen molar-refractivity contribution in [3.05, 3.63) is 34.3 Å². The van der Waals surface area contributed by atoms with Gasteiger partial charge in [0.2, 0.25) is 0 Å². The molecule has 8 atom stereocenters. The number of methoxy groups -OCH3 is 2. The maximum Gasteiger partial charge on any atom is 0.328 e. The lowest BCUT2D eigenvalue weighted by Gasteiger charge is -2.63. The highest BCUT2D eigenvalue weighted by atomic mass is 79.9. The van der Waals surface area contributed by atoms with Crippen LogP contribution in [0.2, 0.25) is 0 Å². The van der Waals surface area contributed by atoms with Crippen molar-refractivity contribution in [3.8, 4) is 5.75 Å². The van der Waals surface area contributed by atoms with E-state index in [-0.39, 0.29) is 12.0 Å². The third kappa shape index (κ3) is 3.53. The molecule has 39 heavy (non-hydrogen) atoms. The highest BCUT2D eigenvalue weighted by Gasteiger charge is 2.78. The zero-order chi connectivity index (χ0) is 28.5. The Hall–Kier alpha value is -2.14. The Morgan fingerprint density at radius 2 is 1.97 bits per heavy atom. The standard InChI is InChI=1S/C29H40BrN3O6/c1-7-16(3)21(22(34)39-6)31-26(36)29(37)24-28(17-14-18(30)20(38-5)15-19(17)32(24)4)11-13-33-12-9-10-27(8-2,23(28)33)25(29)35/h9-10,14-16,21,23-25,35,37H,7-8,11-13H2,1-6H3,(H,31,36)/t16-,21-,23-,24+,25+,27+,28+,29?/m0/s1. The number of aliphatic hydroxyl groups excluding tert-OH is 1. The minimum Gasteiger partial charge on any atom is -0.495 e. The van der Waals surface area contributed by atoms with Crippen LogP contribution in [0, 0.1) is 11.3 Å². The molecule has 0 aromatic heterocycles. The average molecular weight is 607 g/mol. The lowest BCUT2D eigenvalue weighted by molar-refractivity contribution is -0.204. The molecule has 9 nitrogen and oxygen atoms in total. The first-order valence-electron chi connectivity index (χ1n) is 13.8. The number of anilines is 1. The highest BCUT2D eigenvalue weighted by Crippen LogP contribution is 2.67. The summed E-state index contributed by atoms with van der Waals surface area (Å²) in [6.07, 6.45) is 4.48. The number of rotatable bonds is 7. The van der Waals surface area contributed by atoms with E-state index < -0.39 is 46.5 Å². The van der Waals surface area contributed by atoms with E-state index in [1.807, 2.05) is 50.9 Å². The molecule has 3 N–H and O–H groups in total. The summed E-state index contributed by atoms with van der Waals surface area (Å²) < 4.78 is 11.4. The first-order chi connectivity index (χ1) is 18.5. The Labute approximate surface area is 238 Å². The topological polar surface area (TPSA) is 112 Å². The molecule has 1 saturated carbocycles. The maximum absolute atomic E-state index is 14.4. The number of halogens is 1. The molecule has 1 aromatic rings. The Kier molecular flexibility index (Phi) is 7.10. The van der Waals surface area contributed by atoms with E-state index in [2.05, 4.69) is 32.2 Å². The fraction of sp³-hybridized carbons (Fsp3) is 0.655. The van der Waals surface area contributed by atoms with Crippen LogP contribution in [0.4, 0.5) is 5.69 Å². The zero-order valence-corrected chi connectivity index (χ0v) is 25.1. The first kappa shape index (κ1) is 28.4. The van der Waals surface area contributed by atoms with Gasteiger partial charge in [-0.1, -0.05) is 39.3 Å². The Bertz CT molecular complexity index is 1210. The second-order valence-electron chi connectivity index (χ2n) is 11.7. The van der Waals surface area contributed by atoms with Gasteiger partial charge in [0.25, 0.3) is 5.91 Å². The third-order valence-corrected chi connectivity index (χ3v) is 10.9. The van der Waals surface area contributed by atoms with E-state index in [0.29, 0.717) is 25.0 Å². The molecule has 1 aromatic carbocycles. The van der Waals surface area contributed by atoms with Gasteiger partial charge >= 0.3 is 5.97 Å². The molecule has 2 fully saturated rings. The SMILES string of the molecule is CC[C@H](C)[C@H](NC(=O)C1(O)[C@H](O)[C@]2(CC)C=CCN3CC[C@@]4(c5cc(Br)c(OC)cc5N(C)[C@@H]14)[C@@H]32)C(=O)OC. The molecule has 1 spiro atoms. The van der Waals surface area contributed by atoms with Crippen molar-refractivity contribution in [2.24, 2.45) is 11.3 Å². The summed E-state index contributed by atoms with van der Waals surface area (Å²) in [4.78, 5) is 31.4. The van der Waals surface area contributed by atoms with Gasteiger partial charge in [0, 0.05) is 42.2 Å². The quantitative estimate of drug-likeness (QED) is 0.321. The zero-order valence-electron chi connectivity index (χ0n) is 23.5. The second kappa shape index (κ2) is 9.75. The molecule has 3 aliphatic heterocycles. The van der Waals surface area contributed by atoms with E-state index in [4.69, 9.17) is 9.47 Å². The number of carbonyl (C=O) groups excluding carboxylic acids is 2. The number of ether oxygens (including phenoxy) is 2. The van der Waals surface area contributed by atoms with Crippen molar-refractivity contribution in [2.75, 3.05) is 39.3 Å². The predicted octanol–water partition coefficient (Wildman–Crippen LogP) is 2.36. The summed E-state index contributed by atoms with van der Waals surface area (Å²) in [7, 11) is 4.75. The van der Waals surface area contributed by atoms with Crippen molar-refractivity contribution in [1.82, 2.24) is 10.2 Å². The van der Waals surface area contributed by atoms with E-state index in [0.717, 1.165) is 28.8 Å². The molecule has 0 bridgehead atoms. The van der Waals surface area contributed by atoms with Gasteiger partial charge in [0.1, 0.15) is 17.9 Å². The number of nitrogens with one attached hydrogen (secondary N) is 1. The molecule has 5 rings (SSSR count). The molecule has 1 unspecified atom stereocenters. The van der Waals surface area contributed by atoms with E-state index in [1.54, 1.807) is 7.11 Å². The van der Waals surface area contributed by atoms with Gasteiger partial charge in [0.15, 0.2) is 5.60 Å². The molecule has 4 aliphatic rings. The summed E-state index contributed by atoms with van der Waals surface area (Å²) >= 11 is 3.67. The van der Waals surface area contributed by atoms with Crippen LogP contribution in [-0.4, -0.2) is 91.2 Å². The number of hydrogen-bond acceptors (Lipinski definition) is 8. The summed E-state index contributed by atoms with van der Waals surface area (Å²) in [6.45, 7) is 7.30. The van der Waals surface area contributed by atoms with Crippen LogP contribution in [0.25, 0.3) is 0 Å². The summed E-state index contributed by atoms with van der Waals surface area (Å²) in [5, 5.41) is 27.8. The number of nitrogens with zero attached hydrogens (tertiary/aromatic N) is 2. The van der Waals surface area contributed by atoms with Gasteiger partial charge in [-0.05, 0) is 52.9 Å². The van der Waals surface area contributed by atoms with Gasteiger partial charge < -0.3 is 29.9 Å². The average Bonchev–Trinajstić information content (AvgIpc) is 3.44. The molecule has 1 saturated heterocycles. The molecule has 214 valence electrons. The van der Waals surface area contributed by atoms with Crippen LogP contribution in [0.5, 0.6) is 5.75 Å². The Balaban J connectivity index is 1.74. The highest BCUT2D eigenvalue weighted by molar-refractivity contribution is 9.10. The maximum atomic E-state index is 14.4. The number of hydrogen-bond donors (Lipinski definition) is 3. The number of carbonyl (C=O) groups is 2. The third-order valence-electron chi connectivity index (χ3n) is 10.2. The van der Waals surface area contributed by atoms with Gasteiger partial charge in [-0.3, -0.25) is 9.69 Å². The van der Waals surface area contributed by atoms with Crippen molar-refractivity contribution < 1.29 is 29.3 Å². The molecule has 1 aliphatic carbocycles. The van der Waals surface area contributed by atoms with Crippen molar-refractivity contribution in [1.29, 1.82) is 0 Å². The number of amides is 1. The molecule has 3 heterocycles. The minimum absolute atomic E-state index is 0.136. The van der Waals surface area contributed by atoms with Gasteiger partial charge in [-0.15, -0.1) is 0 Å². The van der Waals surface area contributed by atoms with E-state index in [1.165, 1.54) is 7.11 Å². The predicted molar refractivity (Wildman–Crippen MR) is 151 cm³/mol. The molecule has 1 amide bonds. The number of likely N-dealkylation sites (N-methyl/N-ethyl adjacent to an activating group) is 1. The number of fused-ring (bicyclic) bond motifs is 1. The number of esters is 1. The van der Waals surface area contributed by atoms with E-state index in [9.17, 15) is 19.8 Å². The molecule has 0 radical (unpaired) electrons. The molecular formula is C29H40BrN3O6. The molecular weight excluding hydrogens is 566 g/mol. The lowest BCUT2D eigenvalue weighted by atomic mass is 9.47. The van der Waals surface area contributed by atoms with Crippen LogP contribution < -0.4 is 15.0 Å². The van der Waals surface area contributed by atoms with Crippen LogP contribution in [0.15, 0.2) is 28.8 Å². The van der Waals surface area contributed by atoms with Gasteiger partial charge in [0.05, 0.1) is 24.7 Å². The van der Waals surface area contributed by atoms with Crippen LogP contribution in [-0.2, 0) is 19.7 Å². The molecule has 10 heteroatoms. The van der Waals surface area contributed by atoms with Crippen LogP contribution in [0.3, 0.4) is 0 Å². The second-order valence-corrected chi connectivity index (χ2v) is 12.5. The van der Waals surface area contributed by atoms with Crippen molar-refractivity contribution in [3.63, 3.8) is 0 Å².